The van der Waals surface area contributed by atoms with Crippen molar-refractivity contribution in [2.75, 3.05) is 7.05 Å². The maximum atomic E-state index is 11.2. The quantitative estimate of drug-likeness (QED) is 0.678. The molecule has 2 nitrogen and oxygen atoms in total. The van der Waals surface area contributed by atoms with Crippen molar-refractivity contribution in [3.8, 4) is 0 Å². The van der Waals surface area contributed by atoms with Crippen molar-refractivity contribution >= 4 is 5.91 Å². The Morgan fingerprint density at radius 3 is 2.29 bits per heavy atom. The molecule has 84 valence electrons. The van der Waals surface area contributed by atoms with Gasteiger partial charge in [0, 0.05) is 13.0 Å². The summed E-state index contributed by atoms with van der Waals surface area (Å²) in [5, 5.41) is 2.68. The normalized spacial score (nSPS) is 13.8. The zero-order valence-corrected chi connectivity index (χ0v) is 10.3. The molecule has 0 aliphatic carbocycles. The van der Waals surface area contributed by atoms with E-state index in [1.165, 1.54) is 12.8 Å². The second-order valence-corrected chi connectivity index (χ2v) is 5.32. The number of amides is 1. The van der Waals surface area contributed by atoms with Crippen molar-refractivity contribution in [1.82, 2.24) is 5.32 Å². The van der Waals surface area contributed by atoms with E-state index in [1.807, 2.05) is 6.92 Å². The number of hydrogen-bond donors (Lipinski definition) is 1. The van der Waals surface area contributed by atoms with Gasteiger partial charge in [-0.2, -0.15) is 0 Å². The van der Waals surface area contributed by atoms with Gasteiger partial charge in [0.15, 0.2) is 0 Å². The van der Waals surface area contributed by atoms with Crippen LogP contribution in [0.2, 0.25) is 0 Å². The lowest BCUT2D eigenvalue weighted by Crippen LogP contribution is -2.25. The number of unbranched alkanes of at least 4 members (excludes halogenated alkanes) is 1. The second-order valence-electron chi connectivity index (χ2n) is 5.32. The van der Waals surface area contributed by atoms with E-state index in [9.17, 15) is 4.79 Å². The van der Waals surface area contributed by atoms with Crippen LogP contribution in [0.1, 0.15) is 53.4 Å². The Hall–Kier alpha value is -0.530. The molecule has 0 saturated carbocycles. The van der Waals surface area contributed by atoms with Crippen LogP contribution in [0.3, 0.4) is 0 Å². The fourth-order valence-electron chi connectivity index (χ4n) is 1.48. The van der Waals surface area contributed by atoms with Crippen molar-refractivity contribution in [1.29, 1.82) is 0 Å². The second kappa shape index (κ2) is 6.05. The number of hydrogen-bond acceptors (Lipinski definition) is 1. The average molecular weight is 199 g/mol. The third-order valence-electron chi connectivity index (χ3n) is 2.51. The van der Waals surface area contributed by atoms with E-state index in [2.05, 4.69) is 26.1 Å². The van der Waals surface area contributed by atoms with E-state index in [0.29, 0.717) is 5.41 Å². The van der Waals surface area contributed by atoms with E-state index < -0.39 is 0 Å². The van der Waals surface area contributed by atoms with Crippen molar-refractivity contribution in [3.05, 3.63) is 0 Å². The third-order valence-corrected chi connectivity index (χ3v) is 2.51. The first kappa shape index (κ1) is 13.5. The van der Waals surface area contributed by atoms with E-state index in [4.69, 9.17) is 0 Å². The van der Waals surface area contributed by atoms with Crippen LogP contribution in [0.25, 0.3) is 0 Å². The molecule has 0 spiro atoms. The topological polar surface area (TPSA) is 29.1 Å². The Balaban J connectivity index is 3.50. The molecular formula is C12H25NO. The Bertz CT molecular complexity index is 170. The molecule has 0 aromatic rings. The number of carbonyl (C=O) groups is 1. The lowest BCUT2D eigenvalue weighted by atomic mass is 9.88. The molecule has 0 rings (SSSR count). The van der Waals surface area contributed by atoms with E-state index in [0.717, 1.165) is 12.8 Å². The minimum Gasteiger partial charge on any atom is -0.359 e. The van der Waals surface area contributed by atoms with Crippen molar-refractivity contribution < 1.29 is 4.79 Å². The Labute approximate surface area is 88.5 Å². The van der Waals surface area contributed by atoms with Crippen LogP contribution in [0, 0.1) is 11.3 Å². The molecule has 0 saturated heterocycles. The zero-order valence-electron chi connectivity index (χ0n) is 10.3. The van der Waals surface area contributed by atoms with Gasteiger partial charge in [0.05, 0.1) is 0 Å². The summed E-state index contributed by atoms with van der Waals surface area (Å²) in [6, 6.07) is 0. The van der Waals surface area contributed by atoms with Gasteiger partial charge in [-0.05, 0) is 18.3 Å². The maximum Gasteiger partial charge on any atom is 0.222 e. The molecule has 1 unspecified atom stereocenters. The largest absolute Gasteiger partial charge is 0.359 e. The highest BCUT2D eigenvalue weighted by Gasteiger charge is 2.12. The predicted octanol–water partition coefficient (Wildman–Crippen LogP) is 2.98. The van der Waals surface area contributed by atoms with Gasteiger partial charge in [0.2, 0.25) is 5.91 Å². The molecule has 0 heterocycles. The fraction of sp³-hybridized carbons (Fsp3) is 0.917. The summed E-state index contributed by atoms with van der Waals surface area (Å²) in [6.07, 6.45) is 4.64. The average Bonchev–Trinajstić information content (AvgIpc) is 2.09. The molecule has 0 aliphatic rings. The summed E-state index contributed by atoms with van der Waals surface area (Å²) < 4.78 is 0. The first-order chi connectivity index (χ1) is 6.37. The molecule has 0 radical (unpaired) electrons. The minimum atomic E-state index is 0.167. The zero-order chi connectivity index (χ0) is 11.2. The smallest absolute Gasteiger partial charge is 0.222 e. The van der Waals surface area contributed by atoms with Crippen molar-refractivity contribution in [2.24, 2.45) is 11.3 Å². The van der Waals surface area contributed by atoms with E-state index in [-0.39, 0.29) is 11.8 Å². The summed E-state index contributed by atoms with van der Waals surface area (Å²) in [5.41, 5.74) is 0.427. The molecule has 1 N–H and O–H groups in total. The highest BCUT2D eigenvalue weighted by molar-refractivity contribution is 5.77. The molecule has 0 bridgehead atoms. The molecule has 2 heteroatoms. The molecule has 0 aromatic carbocycles. The van der Waals surface area contributed by atoms with Crippen LogP contribution in [-0.2, 0) is 4.79 Å². The lowest BCUT2D eigenvalue weighted by Gasteiger charge is -2.18. The molecule has 1 atom stereocenters. The highest BCUT2D eigenvalue weighted by Crippen LogP contribution is 2.22. The van der Waals surface area contributed by atoms with Crippen molar-refractivity contribution in [2.45, 2.75) is 53.4 Å². The lowest BCUT2D eigenvalue weighted by molar-refractivity contribution is -0.124. The van der Waals surface area contributed by atoms with E-state index in [1.54, 1.807) is 7.05 Å². The van der Waals surface area contributed by atoms with Gasteiger partial charge < -0.3 is 5.32 Å². The van der Waals surface area contributed by atoms with Gasteiger partial charge in [0.25, 0.3) is 0 Å². The number of nitrogens with one attached hydrogen (secondary N) is 1. The van der Waals surface area contributed by atoms with Crippen molar-refractivity contribution in [3.63, 3.8) is 0 Å². The summed E-state index contributed by atoms with van der Waals surface area (Å²) in [5.74, 6) is 0.334. The van der Waals surface area contributed by atoms with Gasteiger partial charge in [0.1, 0.15) is 0 Å². The molecular weight excluding hydrogens is 174 g/mol. The third kappa shape index (κ3) is 6.93. The monoisotopic (exact) mass is 199 g/mol. The molecule has 14 heavy (non-hydrogen) atoms. The Morgan fingerprint density at radius 2 is 1.86 bits per heavy atom. The maximum absolute atomic E-state index is 11.2. The van der Waals surface area contributed by atoms with Crippen LogP contribution in [0.4, 0.5) is 0 Å². The molecule has 0 fully saturated rings. The number of rotatable bonds is 5. The Kier molecular flexibility index (Phi) is 5.82. The van der Waals surface area contributed by atoms with Crippen LogP contribution >= 0.6 is 0 Å². The van der Waals surface area contributed by atoms with Gasteiger partial charge in [-0.15, -0.1) is 0 Å². The van der Waals surface area contributed by atoms with Crippen LogP contribution in [0.15, 0.2) is 0 Å². The summed E-state index contributed by atoms with van der Waals surface area (Å²) in [7, 11) is 1.70. The predicted molar refractivity (Wildman–Crippen MR) is 61.2 cm³/mol. The molecule has 1 amide bonds. The Morgan fingerprint density at radius 1 is 1.29 bits per heavy atom. The highest BCUT2D eigenvalue weighted by atomic mass is 16.1. The van der Waals surface area contributed by atoms with Crippen LogP contribution in [0.5, 0.6) is 0 Å². The first-order valence-corrected chi connectivity index (χ1v) is 5.58. The fourth-order valence-corrected chi connectivity index (χ4v) is 1.48. The summed E-state index contributed by atoms with van der Waals surface area (Å²) >= 11 is 0. The summed E-state index contributed by atoms with van der Waals surface area (Å²) in [4.78, 5) is 11.2. The van der Waals surface area contributed by atoms with E-state index >= 15 is 0 Å². The van der Waals surface area contributed by atoms with Gasteiger partial charge in [-0.1, -0.05) is 40.5 Å². The van der Waals surface area contributed by atoms with Gasteiger partial charge in [-0.3, -0.25) is 4.79 Å². The molecule has 0 aromatic heterocycles. The van der Waals surface area contributed by atoms with Gasteiger partial charge in [-0.25, -0.2) is 0 Å². The van der Waals surface area contributed by atoms with Gasteiger partial charge >= 0.3 is 0 Å². The number of carbonyl (C=O) groups excluding carboxylic acids is 1. The standard InChI is InChI=1S/C12H25NO/c1-10(11(14)13-5)8-6-7-9-12(2,3)4/h10H,6-9H2,1-5H3,(H,13,14). The molecule has 0 aliphatic heterocycles. The minimum absolute atomic E-state index is 0.167. The van der Waals surface area contributed by atoms with Crippen LogP contribution < -0.4 is 5.32 Å². The first-order valence-electron chi connectivity index (χ1n) is 5.58. The summed E-state index contributed by atoms with van der Waals surface area (Å²) in [6.45, 7) is 8.77. The van der Waals surface area contributed by atoms with Crippen LogP contribution in [-0.4, -0.2) is 13.0 Å². The SMILES string of the molecule is CNC(=O)C(C)CCCCC(C)(C)C.